The number of fused-ring (bicyclic) bond motifs is 1. The molecular weight excluding hydrogens is 298 g/mol. The van der Waals surface area contributed by atoms with E-state index in [0.29, 0.717) is 11.5 Å². The topological polar surface area (TPSA) is 105 Å². The number of carbonyl (C=O) groups is 1. The SMILES string of the molecule is C[C@]12CCCC[C@@H]1[C@@H]2C(=O)N/N=C\c1ccc(O)c([N+](=O)[O-])c1. The Morgan fingerprint density at radius 2 is 2.30 bits per heavy atom. The Kier molecular flexibility index (Phi) is 3.79. The molecular formula is C16H19N3O4. The van der Waals surface area contributed by atoms with Gasteiger partial charge >= 0.3 is 5.69 Å². The van der Waals surface area contributed by atoms with Crippen LogP contribution in [0.2, 0.25) is 0 Å². The summed E-state index contributed by atoms with van der Waals surface area (Å²) in [7, 11) is 0. The predicted octanol–water partition coefficient (Wildman–Crippen LogP) is 2.58. The van der Waals surface area contributed by atoms with Crippen LogP contribution < -0.4 is 5.43 Å². The zero-order valence-electron chi connectivity index (χ0n) is 12.9. The highest BCUT2D eigenvalue weighted by molar-refractivity contribution is 5.86. The number of hydrogen-bond acceptors (Lipinski definition) is 5. The lowest BCUT2D eigenvalue weighted by Crippen LogP contribution is -2.22. The van der Waals surface area contributed by atoms with Crippen molar-refractivity contribution >= 4 is 17.8 Å². The molecule has 1 amide bonds. The molecule has 1 aromatic rings. The maximum atomic E-state index is 12.2. The molecule has 1 aromatic carbocycles. The Morgan fingerprint density at radius 1 is 1.52 bits per heavy atom. The fourth-order valence-corrected chi connectivity index (χ4v) is 3.86. The van der Waals surface area contributed by atoms with E-state index in [1.165, 1.54) is 37.3 Å². The monoisotopic (exact) mass is 317 g/mol. The van der Waals surface area contributed by atoms with Gasteiger partial charge in [-0.2, -0.15) is 5.10 Å². The molecule has 2 aliphatic rings. The second-order valence-electron chi connectivity index (χ2n) is 6.58. The molecule has 7 nitrogen and oxygen atoms in total. The van der Waals surface area contributed by atoms with E-state index < -0.39 is 10.7 Å². The molecule has 3 rings (SSSR count). The lowest BCUT2D eigenvalue weighted by atomic mass is 9.90. The number of nitrogens with zero attached hydrogens (tertiary/aromatic N) is 2. The highest BCUT2D eigenvalue weighted by Gasteiger charge is 2.64. The first-order chi connectivity index (χ1) is 10.9. The fourth-order valence-electron chi connectivity index (χ4n) is 3.86. The van der Waals surface area contributed by atoms with Gasteiger partial charge in [0.25, 0.3) is 0 Å². The summed E-state index contributed by atoms with van der Waals surface area (Å²) in [4.78, 5) is 22.3. The molecule has 2 aliphatic carbocycles. The molecule has 3 atom stereocenters. The number of hydrazone groups is 1. The van der Waals surface area contributed by atoms with E-state index in [2.05, 4.69) is 17.5 Å². The zero-order valence-corrected chi connectivity index (χ0v) is 12.9. The van der Waals surface area contributed by atoms with Crippen molar-refractivity contribution in [2.24, 2.45) is 22.4 Å². The molecule has 2 N–H and O–H groups in total. The molecule has 2 saturated carbocycles. The number of benzene rings is 1. The highest BCUT2D eigenvalue weighted by Crippen LogP contribution is 2.66. The van der Waals surface area contributed by atoms with Crippen molar-refractivity contribution in [3.05, 3.63) is 33.9 Å². The first kappa shape index (κ1) is 15.5. The molecule has 0 saturated heterocycles. The molecule has 0 unspecified atom stereocenters. The van der Waals surface area contributed by atoms with E-state index in [-0.39, 0.29) is 22.9 Å². The maximum Gasteiger partial charge on any atom is 0.311 e. The van der Waals surface area contributed by atoms with Gasteiger partial charge in [-0.1, -0.05) is 19.8 Å². The van der Waals surface area contributed by atoms with Crippen LogP contribution in [-0.4, -0.2) is 22.2 Å². The smallest absolute Gasteiger partial charge is 0.311 e. The first-order valence-electron chi connectivity index (χ1n) is 7.74. The van der Waals surface area contributed by atoms with Crippen molar-refractivity contribution in [3.63, 3.8) is 0 Å². The Morgan fingerprint density at radius 3 is 2.96 bits per heavy atom. The fraction of sp³-hybridized carbons (Fsp3) is 0.500. The molecule has 0 spiro atoms. The molecule has 7 heteroatoms. The molecule has 0 aromatic heterocycles. The van der Waals surface area contributed by atoms with Gasteiger partial charge < -0.3 is 5.11 Å². The van der Waals surface area contributed by atoms with Gasteiger partial charge in [-0.05, 0) is 36.3 Å². The van der Waals surface area contributed by atoms with Crippen LogP contribution in [0.4, 0.5) is 5.69 Å². The minimum atomic E-state index is -0.666. The number of hydrogen-bond donors (Lipinski definition) is 2. The minimum Gasteiger partial charge on any atom is -0.502 e. The molecule has 0 aliphatic heterocycles. The molecule has 2 fully saturated rings. The summed E-state index contributed by atoms with van der Waals surface area (Å²) in [5, 5.41) is 24.0. The summed E-state index contributed by atoms with van der Waals surface area (Å²) in [6.07, 6.45) is 5.90. The third kappa shape index (κ3) is 2.78. The van der Waals surface area contributed by atoms with Crippen molar-refractivity contribution in [3.8, 4) is 5.75 Å². The van der Waals surface area contributed by atoms with E-state index in [1.807, 2.05) is 0 Å². The third-order valence-electron chi connectivity index (χ3n) is 5.20. The standard InChI is InChI=1S/C16H19N3O4/c1-16-7-3-2-4-11(16)14(16)15(21)18-17-9-10-5-6-13(20)12(8-10)19(22)23/h5-6,8-9,11,14,20H,2-4,7H2,1H3,(H,18,21)/b17-9-/t11-,14-,16+/m1/s1. The number of nitrogens with one attached hydrogen (secondary N) is 1. The second kappa shape index (κ2) is 5.64. The Bertz CT molecular complexity index is 688. The van der Waals surface area contributed by atoms with E-state index in [0.717, 1.165) is 12.8 Å². The van der Waals surface area contributed by atoms with Crippen molar-refractivity contribution < 1.29 is 14.8 Å². The van der Waals surface area contributed by atoms with E-state index in [9.17, 15) is 20.0 Å². The Labute approximate surface area is 133 Å². The predicted molar refractivity (Wildman–Crippen MR) is 84.1 cm³/mol. The van der Waals surface area contributed by atoms with E-state index in [1.54, 1.807) is 0 Å². The average Bonchev–Trinajstić information content (AvgIpc) is 3.14. The van der Waals surface area contributed by atoms with Gasteiger partial charge in [-0.25, -0.2) is 5.43 Å². The molecule has 0 heterocycles. The van der Waals surface area contributed by atoms with Gasteiger partial charge in [0, 0.05) is 17.5 Å². The van der Waals surface area contributed by atoms with Crippen LogP contribution in [0.25, 0.3) is 0 Å². The summed E-state index contributed by atoms with van der Waals surface area (Å²) in [6.45, 7) is 2.16. The molecule has 0 bridgehead atoms. The van der Waals surface area contributed by atoms with Crippen molar-refractivity contribution in [1.29, 1.82) is 0 Å². The third-order valence-corrected chi connectivity index (χ3v) is 5.20. The van der Waals surface area contributed by atoms with Crippen LogP contribution in [0.3, 0.4) is 0 Å². The number of phenols is 1. The van der Waals surface area contributed by atoms with Gasteiger partial charge in [0.1, 0.15) is 0 Å². The van der Waals surface area contributed by atoms with Crippen LogP contribution >= 0.6 is 0 Å². The van der Waals surface area contributed by atoms with Crippen LogP contribution in [0.15, 0.2) is 23.3 Å². The van der Waals surface area contributed by atoms with Crippen LogP contribution in [-0.2, 0) is 4.79 Å². The number of carbonyl (C=O) groups excluding carboxylic acids is 1. The van der Waals surface area contributed by atoms with Gasteiger partial charge in [0.15, 0.2) is 5.75 Å². The second-order valence-corrected chi connectivity index (χ2v) is 6.58. The van der Waals surface area contributed by atoms with Crippen molar-refractivity contribution in [2.75, 3.05) is 0 Å². The molecule has 0 radical (unpaired) electrons. The van der Waals surface area contributed by atoms with Crippen LogP contribution in [0, 0.1) is 27.4 Å². The zero-order chi connectivity index (χ0) is 16.6. The van der Waals surface area contributed by atoms with E-state index >= 15 is 0 Å². The summed E-state index contributed by atoms with van der Waals surface area (Å²) < 4.78 is 0. The average molecular weight is 317 g/mol. The molecule has 23 heavy (non-hydrogen) atoms. The lowest BCUT2D eigenvalue weighted by Gasteiger charge is -2.15. The van der Waals surface area contributed by atoms with Crippen LogP contribution in [0.1, 0.15) is 38.2 Å². The van der Waals surface area contributed by atoms with Gasteiger partial charge in [-0.15, -0.1) is 0 Å². The van der Waals surface area contributed by atoms with Crippen molar-refractivity contribution in [2.45, 2.75) is 32.6 Å². The lowest BCUT2D eigenvalue weighted by molar-refractivity contribution is -0.385. The number of rotatable bonds is 4. The van der Waals surface area contributed by atoms with E-state index in [4.69, 9.17) is 0 Å². The van der Waals surface area contributed by atoms with Gasteiger partial charge in [0.05, 0.1) is 11.1 Å². The number of amides is 1. The molecule has 122 valence electrons. The summed E-state index contributed by atoms with van der Waals surface area (Å²) in [5.74, 6) is 0.00704. The largest absolute Gasteiger partial charge is 0.502 e. The summed E-state index contributed by atoms with van der Waals surface area (Å²) >= 11 is 0. The highest BCUT2D eigenvalue weighted by atomic mass is 16.6. The maximum absolute atomic E-state index is 12.2. The summed E-state index contributed by atoms with van der Waals surface area (Å²) in [5.41, 5.74) is 2.71. The Balaban J connectivity index is 1.62. The van der Waals surface area contributed by atoms with Gasteiger partial charge in [0.2, 0.25) is 5.91 Å². The quantitative estimate of drug-likeness (QED) is 0.506. The number of nitro groups is 1. The minimum absolute atomic E-state index is 0.0244. The Hall–Kier alpha value is -2.44. The number of nitro benzene ring substituents is 1. The van der Waals surface area contributed by atoms with Gasteiger partial charge in [-0.3, -0.25) is 14.9 Å². The normalized spacial score (nSPS) is 29.1. The van der Waals surface area contributed by atoms with Crippen molar-refractivity contribution in [1.82, 2.24) is 5.43 Å². The summed E-state index contributed by atoms with van der Waals surface area (Å²) in [6, 6.07) is 3.94. The number of phenolic OH excluding ortho intramolecular Hbond substituents is 1. The van der Waals surface area contributed by atoms with Crippen LogP contribution in [0.5, 0.6) is 5.75 Å². The first-order valence-corrected chi connectivity index (χ1v) is 7.74. The number of aromatic hydroxyl groups is 1.